The number of nitrogens with zero attached hydrogens (tertiary/aromatic N) is 2. The van der Waals surface area contributed by atoms with Crippen LogP contribution in [0.5, 0.6) is 11.5 Å². The molecular formula is C24H28N2O2. The van der Waals surface area contributed by atoms with Crippen LogP contribution in [0.25, 0.3) is 0 Å². The number of methoxy groups -OCH3 is 1. The number of para-hydroxylation sites is 1. The fraction of sp³-hybridized carbons (Fsp3) is 0.333. The molecule has 1 aliphatic rings. The Balaban J connectivity index is 1.74. The number of benzene rings is 2. The van der Waals surface area contributed by atoms with Crippen LogP contribution in [-0.4, -0.2) is 29.7 Å². The van der Waals surface area contributed by atoms with Crippen LogP contribution in [-0.2, 0) is 13.1 Å². The maximum absolute atomic E-state index is 5.89. The van der Waals surface area contributed by atoms with Crippen molar-refractivity contribution < 1.29 is 9.47 Å². The Morgan fingerprint density at radius 1 is 1.00 bits per heavy atom. The molecule has 4 rings (SSSR count). The van der Waals surface area contributed by atoms with E-state index in [4.69, 9.17) is 9.47 Å². The molecule has 4 nitrogen and oxygen atoms in total. The number of rotatable bonds is 6. The second-order valence-corrected chi connectivity index (χ2v) is 7.17. The van der Waals surface area contributed by atoms with Crippen molar-refractivity contribution in [3.8, 4) is 11.5 Å². The van der Waals surface area contributed by atoms with E-state index in [2.05, 4.69) is 64.2 Å². The van der Waals surface area contributed by atoms with Gasteiger partial charge >= 0.3 is 0 Å². The molecule has 2 heterocycles. The van der Waals surface area contributed by atoms with Gasteiger partial charge in [-0.05, 0) is 49.2 Å². The van der Waals surface area contributed by atoms with Crippen molar-refractivity contribution in [1.82, 2.24) is 9.47 Å². The highest BCUT2D eigenvalue weighted by Crippen LogP contribution is 2.35. The summed E-state index contributed by atoms with van der Waals surface area (Å²) in [6.07, 6.45) is 3.32. The Bertz CT molecular complexity index is 918. The first-order valence-electron chi connectivity index (χ1n) is 10.0. The van der Waals surface area contributed by atoms with Gasteiger partial charge in [-0.3, -0.25) is 4.90 Å². The summed E-state index contributed by atoms with van der Waals surface area (Å²) in [7, 11) is 1.73. The summed E-state index contributed by atoms with van der Waals surface area (Å²) >= 11 is 0. The molecule has 146 valence electrons. The molecule has 3 aromatic rings. The molecule has 0 spiro atoms. The van der Waals surface area contributed by atoms with Crippen molar-refractivity contribution in [3.05, 3.63) is 83.7 Å². The van der Waals surface area contributed by atoms with Crippen molar-refractivity contribution in [2.24, 2.45) is 0 Å². The zero-order valence-corrected chi connectivity index (χ0v) is 16.7. The lowest BCUT2D eigenvalue weighted by molar-refractivity contribution is 0.215. The van der Waals surface area contributed by atoms with Gasteiger partial charge in [-0.2, -0.15) is 0 Å². The summed E-state index contributed by atoms with van der Waals surface area (Å²) in [6, 6.07) is 21.4. The standard InChI is InChI=1S/C24H28N2O2/c1-3-28-23-13-5-4-9-20(23)18-26-16-8-15-25-14-7-12-22(25)24(26)19-10-6-11-21(17-19)27-2/h4-7,9-14,17,24H,3,8,15-16,18H2,1-2H3. The molecule has 0 bridgehead atoms. The van der Waals surface area contributed by atoms with Crippen molar-refractivity contribution in [1.29, 1.82) is 0 Å². The molecule has 0 fully saturated rings. The summed E-state index contributed by atoms with van der Waals surface area (Å²) in [5.74, 6) is 1.88. The minimum absolute atomic E-state index is 0.183. The van der Waals surface area contributed by atoms with Gasteiger partial charge < -0.3 is 14.0 Å². The van der Waals surface area contributed by atoms with Gasteiger partial charge in [-0.1, -0.05) is 30.3 Å². The van der Waals surface area contributed by atoms with Gasteiger partial charge in [-0.15, -0.1) is 0 Å². The second-order valence-electron chi connectivity index (χ2n) is 7.17. The summed E-state index contributed by atoms with van der Waals surface area (Å²) in [5, 5.41) is 0. The van der Waals surface area contributed by atoms with Crippen molar-refractivity contribution in [2.75, 3.05) is 20.3 Å². The van der Waals surface area contributed by atoms with Gasteiger partial charge in [-0.25, -0.2) is 0 Å². The number of aromatic nitrogens is 1. The molecule has 0 aliphatic carbocycles. The van der Waals surface area contributed by atoms with E-state index in [0.717, 1.165) is 37.6 Å². The van der Waals surface area contributed by atoms with Crippen LogP contribution in [0.2, 0.25) is 0 Å². The average molecular weight is 377 g/mol. The molecule has 0 radical (unpaired) electrons. The second kappa shape index (κ2) is 8.53. The molecule has 0 N–H and O–H groups in total. The first-order valence-corrected chi connectivity index (χ1v) is 10.0. The van der Waals surface area contributed by atoms with E-state index in [9.17, 15) is 0 Å². The largest absolute Gasteiger partial charge is 0.497 e. The van der Waals surface area contributed by atoms with Crippen molar-refractivity contribution in [2.45, 2.75) is 32.5 Å². The van der Waals surface area contributed by atoms with Gasteiger partial charge in [0.2, 0.25) is 0 Å². The van der Waals surface area contributed by atoms with Crippen molar-refractivity contribution >= 4 is 0 Å². The predicted molar refractivity (Wildman–Crippen MR) is 112 cm³/mol. The molecule has 1 aliphatic heterocycles. The lowest BCUT2D eigenvalue weighted by Gasteiger charge is -2.31. The highest BCUT2D eigenvalue weighted by atomic mass is 16.5. The summed E-state index contributed by atoms with van der Waals surface area (Å²) in [5.41, 5.74) is 3.83. The van der Waals surface area contributed by atoms with Gasteiger partial charge in [0.1, 0.15) is 11.5 Å². The lowest BCUT2D eigenvalue weighted by Crippen LogP contribution is -2.29. The van der Waals surface area contributed by atoms with E-state index in [0.29, 0.717) is 6.61 Å². The molecule has 1 unspecified atom stereocenters. The monoisotopic (exact) mass is 376 g/mol. The molecular weight excluding hydrogens is 348 g/mol. The average Bonchev–Trinajstić information content (AvgIpc) is 3.11. The van der Waals surface area contributed by atoms with Crippen LogP contribution in [0.15, 0.2) is 66.9 Å². The molecule has 0 amide bonds. The van der Waals surface area contributed by atoms with E-state index < -0.39 is 0 Å². The number of fused-ring (bicyclic) bond motifs is 1. The molecule has 1 aromatic heterocycles. The number of hydrogen-bond acceptors (Lipinski definition) is 3. The van der Waals surface area contributed by atoms with Crippen LogP contribution in [0.1, 0.15) is 36.2 Å². The van der Waals surface area contributed by atoms with Crippen LogP contribution in [0.3, 0.4) is 0 Å². The first-order chi connectivity index (χ1) is 13.8. The fourth-order valence-corrected chi connectivity index (χ4v) is 4.15. The topological polar surface area (TPSA) is 26.6 Å². The molecule has 28 heavy (non-hydrogen) atoms. The smallest absolute Gasteiger partial charge is 0.123 e. The minimum atomic E-state index is 0.183. The third kappa shape index (κ3) is 3.78. The number of aryl methyl sites for hydroxylation is 1. The minimum Gasteiger partial charge on any atom is -0.497 e. The highest BCUT2D eigenvalue weighted by molar-refractivity contribution is 5.37. The van der Waals surface area contributed by atoms with E-state index in [-0.39, 0.29) is 6.04 Å². The van der Waals surface area contributed by atoms with Crippen LogP contribution >= 0.6 is 0 Å². The fourth-order valence-electron chi connectivity index (χ4n) is 4.15. The maximum atomic E-state index is 5.89. The van der Waals surface area contributed by atoms with E-state index >= 15 is 0 Å². The van der Waals surface area contributed by atoms with Crippen LogP contribution in [0, 0.1) is 0 Å². The summed E-state index contributed by atoms with van der Waals surface area (Å²) < 4.78 is 13.8. The SMILES string of the molecule is CCOc1ccccc1CN1CCCn2cccc2C1c1cccc(OC)c1. The van der Waals surface area contributed by atoms with Crippen LogP contribution < -0.4 is 9.47 Å². The summed E-state index contributed by atoms with van der Waals surface area (Å²) in [4.78, 5) is 2.56. The molecule has 1 atom stereocenters. The van der Waals surface area contributed by atoms with Gasteiger partial charge in [0.25, 0.3) is 0 Å². The normalized spacial score (nSPS) is 17.0. The number of ether oxygens (including phenoxy) is 2. The molecule has 4 heteroatoms. The summed E-state index contributed by atoms with van der Waals surface area (Å²) in [6.45, 7) is 5.65. The van der Waals surface area contributed by atoms with E-state index in [1.165, 1.54) is 16.8 Å². The molecule has 0 saturated heterocycles. The molecule has 2 aromatic carbocycles. The zero-order valence-electron chi connectivity index (χ0n) is 16.7. The Labute approximate surface area is 167 Å². The zero-order chi connectivity index (χ0) is 19.3. The number of hydrogen-bond donors (Lipinski definition) is 0. The van der Waals surface area contributed by atoms with Gasteiger partial charge in [0.05, 0.1) is 19.8 Å². The van der Waals surface area contributed by atoms with Crippen LogP contribution in [0.4, 0.5) is 0 Å². The Kier molecular flexibility index (Phi) is 5.68. The molecule has 0 saturated carbocycles. The third-order valence-electron chi connectivity index (χ3n) is 5.41. The predicted octanol–water partition coefficient (Wildman–Crippen LogP) is 4.89. The third-order valence-corrected chi connectivity index (χ3v) is 5.41. The highest BCUT2D eigenvalue weighted by Gasteiger charge is 2.28. The Hall–Kier alpha value is -2.72. The first kappa shape index (κ1) is 18.6. The Morgan fingerprint density at radius 3 is 2.75 bits per heavy atom. The maximum Gasteiger partial charge on any atom is 0.123 e. The quantitative estimate of drug-likeness (QED) is 0.613. The van der Waals surface area contributed by atoms with Gasteiger partial charge in [0.15, 0.2) is 0 Å². The van der Waals surface area contributed by atoms with Gasteiger partial charge in [0, 0.05) is 37.1 Å². The van der Waals surface area contributed by atoms with Crippen molar-refractivity contribution in [3.63, 3.8) is 0 Å². The Morgan fingerprint density at radius 2 is 1.89 bits per heavy atom. The van der Waals surface area contributed by atoms with E-state index in [1.807, 2.05) is 19.1 Å². The lowest BCUT2D eigenvalue weighted by atomic mass is 10.0. The van der Waals surface area contributed by atoms with E-state index in [1.54, 1.807) is 7.11 Å².